The van der Waals surface area contributed by atoms with E-state index in [1.165, 1.54) is 5.56 Å². The molecule has 2 atom stereocenters. The molecule has 0 bridgehead atoms. The summed E-state index contributed by atoms with van der Waals surface area (Å²) in [7, 11) is 1.68. The summed E-state index contributed by atoms with van der Waals surface area (Å²) in [5, 5.41) is 6.24. The molecule has 1 aromatic rings. The Morgan fingerprint density at radius 3 is 2.89 bits per heavy atom. The minimum absolute atomic E-state index is 0.0886. The zero-order valence-electron chi connectivity index (χ0n) is 10.7. The first-order valence-corrected chi connectivity index (χ1v) is 6.36. The summed E-state index contributed by atoms with van der Waals surface area (Å²) in [5.74, 6) is 0.0922. The van der Waals surface area contributed by atoms with Gasteiger partial charge in [-0.25, -0.2) is 0 Å². The zero-order chi connectivity index (χ0) is 12.8. The van der Waals surface area contributed by atoms with Crippen molar-refractivity contribution in [3.63, 3.8) is 0 Å². The predicted molar refractivity (Wildman–Crippen MR) is 70.4 cm³/mol. The lowest BCUT2D eigenvalue weighted by atomic mass is 10.1. The number of methoxy groups -OCH3 is 1. The molecule has 1 saturated heterocycles. The van der Waals surface area contributed by atoms with Crippen LogP contribution in [0.1, 0.15) is 12.0 Å². The van der Waals surface area contributed by atoms with Gasteiger partial charge in [0.05, 0.1) is 12.1 Å². The number of carbonyl (C=O) groups is 1. The summed E-state index contributed by atoms with van der Waals surface area (Å²) >= 11 is 0. The quantitative estimate of drug-likeness (QED) is 0.807. The second-order valence-electron chi connectivity index (χ2n) is 4.59. The van der Waals surface area contributed by atoms with Crippen LogP contribution in [0.3, 0.4) is 0 Å². The second-order valence-corrected chi connectivity index (χ2v) is 4.59. The van der Waals surface area contributed by atoms with Gasteiger partial charge in [0.1, 0.15) is 0 Å². The molecule has 2 N–H and O–H groups in total. The SMILES string of the molecule is CO[C@H]1CNCC1NC(=O)CCc1ccccc1. The molecule has 98 valence electrons. The molecule has 1 heterocycles. The van der Waals surface area contributed by atoms with Crippen molar-refractivity contribution in [2.75, 3.05) is 20.2 Å². The molecular formula is C14H20N2O2. The first-order valence-electron chi connectivity index (χ1n) is 6.36. The van der Waals surface area contributed by atoms with Gasteiger partial charge in [-0.15, -0.1) is 0 Å². The minimum atomic E-state index is 0.0886. The van der Waals surface area contributed by atoms with Crippen LogP contribution in [0.15, 0.2) is 30.3 Å². The summed E-state index contributed by atoms with van der Waals surface area (Å²) in [6.07, 6.45) is 1.40. The molecule has 1 aliphatic heterocycles. The van der Waals surface area contributed by atoms with E-state index in [-0.39, 0.29) is 18.1 Å². The first kappa shape index (κ1) is 13.1. The zero-order valence-corrected chi connectivity index (χ0v) is 10.7. The molecule has 0 saturated carbocycles. The number of hydrogen-bond acceptors (Lipinski definition) is 3. The second kappa shape index (κ2) is 6.52. The Morgan fingerprint density at radius 1 is 1.39 bits per heavy atom. The van der Waals surface area contributed by atoms with Gasteiger partial charge in [-0.3, -0.25) is 4.79 Å². The van der Waals surface area contributed by atoms with E-state index >= 15 is 0 Å². The van der Waals surface area contributed by atoms with Crippen molar-refractivity contribution in [1.29, 1.82) is 0 Å². The van der Waals surface area contributed by atoms with Crippen molar-refractivity contribution in [3.8, 4) is 0 Å². The summed E-state index contributed by atoms with van der Waals surface area (Å²) in [6, 6.07) is 10.2. The van der Waals surface area contributed by atoms with E-state index in [1.807, 2.05) is 30.3 Å². The standard InChI is InChI=1S/C14H20N2O2/c1-18-13-10-15-9-12(13)16-14(17)8-7-11-5-3-2-4-6-11/h2-6,12-13,15H,7-10H2,1H3,(H,16,17)/t12?,13-/m0/s1. The Labute approximate surface area is 108 Å². The summed E-state index contributed by atoms with van der Waals surface area (Å²) in [5.41, 5.74) is 1.19. The highest BCUT2D eigenvalue weighted by Gasteiger charge is 2.27. The largest absolute Gasteiger partial charge is 0.378 e. The Hall–Kier alpha value is -1.39. The molecular weight excluding hydrogens is 228 g/mol. The number of nitrogens with one attached hydrogen (secondary N) is 2. The first-order chi connectivity index (χ1) is 8.79. The molecule has 0 aromatic heterocycles. The smallest absolute Gasteiger partial charge is 0.220 e. The number of aryl methyl sites for hydroxylation is 1. The van der Waals surface area contributed by atoms with E-state index in [1.54, 1.807) is 7.11 Å². The normalized spacial score (nSPS) is 22.9. The molecule has 4 nitrogen and oxygen atoms in total. The Kier molecular flexibility index (Phi) is 4.73. The van der Waals surface area contributed by atoms with Crippen LogP contribution in [0.4, 0.5) is 0 Å². The van der Waals surface area contributed by atoms with Crippen LogP contribution < -0.4 is 10.6 Å². The van der Waals surface area contributed by atoms with Crippen LogP contribution in [-0.4, -0.2) is 38.3 Å². The Balaban J connectivity index is 1.75. The van der Waals surface area contributed by atoms with E-state index in [4.69, 9.17) is 4.74 Å². The third-order valence-electron chi connectivity index (χ3n) is 3.29. The van der Waals surface area contributed by atoms with Gasteiger partial charge >= 0.3 is 0 Å². The Morgan fingerprint density at radius 2 is 2.17 bits per heavy atom. The van der Waals surface area contributed by atoms with Crippen LogP contribution in [0.25, 0.3) is 0 Å². The lowest BCUT2D eigenvalue weighted by Gasteiger charge is -2.18. The maximum atomic E-state index is 11.8. The summed E-state index contributed by atoms with van der Waals surface area (Å²) in [6.45, 7) is 1.59. The number of amides is 1. The fraction of sp³-hybridized carbons (Fsp3) is 0.500. The van der Waals surface area contributed by atoms with Gasteiger partial charge in [0.2, 0.25) is 5.91 Å². The van der Waals surface area contributed by atoms with Crippen molar-refractivity contribution in [2.45, 2.75) is 25.0 Å². The van der Waals surface area contributed by atoms with Gasteiger partial charge in [0.25, 0.3) is 0 Å². The van der Waals surface area contributed by atoms with E-state index in [0.717, 1.165) is 19.5 Å². The highest BCUT2D eigenvalue weighted by Crippen LogP contribution is 2.06. The molecule has 1 amide bonds. The molecule has 18 heavy (non-hydrogen) atoms. The van der Waals surface area contributed by atoms with Crippen molar-refractivity contribution in [2.24, 2.45) is 0 Å². The van der Waals surface area contributed by atoms with Gasteiger partial charge in [-0.1, -0.05) is 30.3 Å². The lowest BCUT2D eigenvalue weighted by molar-refractivity contribution is -0.122. The van der Waals surface area contributed by atoms with Gasteiger partial charge in [0.15, 0.2) is 0 Å². The maximum Gasteiger partial charge on any atom is 0.220 e. The molecule has 0 radical (unpaired) electrons. The molecule has 1 unspecified atom stereocenters. The van der Waals surface area contributed by atoms with Gasteiger partial charge in [0, 0.05) is 26.6 Å². The number of benzene rings is 1. The summed E-state index contributed by atoms with van der Waals surface area (Å²) < 4.78 is 5.31. The fourth-order valence-corrected chi connectivity index (χ4v) is 2.23. The average molecular weight is 248 g/mol. The topological polar surface area (TPSA) is 50.4 Å². The molecule has 1 aromatic carbocycles. The van der Waals surface area contributed by atoms with E-state index in [2.05, 4.69) is 10.6 Å². The summed E-state index contributed by atoms with van der Waals surface area (Å²) in [4.78, 5) is 11.8. The van der Waals surface area contributed by atoms with Crippen molar-refractivity contribution < 1.29 is 9.53 Å². The highest BCUT2D eigenvalue weighted by molar-refractivity contribution is 5.76. The van der Waals surface area contributed by atoms with Gasteiger partial charge < -0.3 is 15.4 Å². The number of rotatable bonds is 5. The number of ether oxygens (including phenoxy) is 1. The third kappa shape index (κ3) is 3.55. The Bertz CT molecular complexity index is 381. The fourth-order valence-electron chi connectivity index (χ4n) is 2.23. The van der Waals surface area contributed by atoms with Crippen molar-refractivity contribution >= 4 is 5.91 Å². The lowest BCUT2D eigenvalue weighted by Crippen LogP contribution is -2.43. The molecule has 2 rings (SSSR count). The predicted octanol–water partition coefficient (Wildman–Crippen LogP) is 0.722. The highest BCUT2D eigenvalue weighted by atomic mass is 16.5. The van der Waals surface area contributed by atoms with Crippen molar-refractivity contribution in [3.05, 3.63) is 35.9 Å². The van der Waals surface area contributed by atoms with Crippen LogP contribution in [-0.2, 0) is 16.0 Å². The number of carbonyl (C=O) groups excluding carboxylic acids is 1. The third-order valence-corrected chi connectivity index (χ3v) is 3.29. The number of hydrogen-bond donors (Lipinski definition) is 2. The molecule has 4 heteroatoms. The minimum Gasteiger partial charge on any atom is -0.378 e. The molecule has 1 fully saturated rings. The van der Waals surface area contributed by atoms with Crippen LogP contribution in [0, 0.1) is 0 Å². The van der Waals surface area contributed by atoms with E-state index < -0.39 is 0 Å². The molecule has 0 aliphatic carbocycles. The van der Waals surface area contributed by atoms with E-state index in [0.29, 0.717) is 6.42 Å². The van der Waals surface area contributed by atoms with Crippen molar-refractivity contribution in [1.82, 2.24) is 10.6 Å². The van der Waals surface area contributed by atoms with Crippen LogP contribution in [0.2, 0.25) is 0 Å². The van der Waals surface area contributed by atoms with Crippen LogP contribution in [0.5, 0.6) is 0 Å². The van der Waals surface area contributed by atoms with Gasteiger partial charge in [-0.2, -0.15) is 0 Å². The van der Waals surface area contributed by atoms with E-state index in [9.17, 15) is 4.79 Å². The molecule has 0 spiro atoms. The monoisotopic (exact) mass is 248 g/mol. The molecule has 1 aliphatic rings. The van der Waals surface area contributed by atoms with Gasteiger partial charge in [-0.05, 0) is 12.0 Å². The average Bonchev–Trinajstić information content (AvgIpc) is 2.85. The van der Waals surface area contributed by atoms with Crippen LogP contribution >= 0.6 is 0 Å². The maximum absolute atomic E-state index is 11.8.